The maximum absolute atomic E-state index is 4.80. The Bertz CT molecular complexity index is 1360. The maximum Gasteiger partial charge on any atom is 0.181 e. The fourth-order valence-corrected chi connectivity index (χ4v) is 4.77. The summed E-state index contributed by atoms with van der Waals surface area (Å²) in [6.45, 7) is 5.07. The number of benzene rings is 2. The number of fused-ring (bicyclic) bond motifs is 1. The summed E-state index contributed by atoms with van der Waals surface area (Å²) in [5, 5.41) is 4.63. The summed E-state index contributed by atoms with van der Waals surface area (Å²) in [7, 11) is 0. The van der Waals surface area contributed by atoms with Crippen molar-refractivity contribution in [3.8, 4) is 22.6 Å². The van der Waals surface area contributed by atoms with E-state index in [-0.39, 0.29) is 0 Å². The lowest BCUT2D eigenvalue weighted by molar-refractivity contribution is 0.860. The van der Waals surface area contributed by atoms with Gasteiger partial charge in [-0.25, -0.2) is 9.97 Å². The lowest BCUT2D eigenvalue weighted by atomic mass is 10.0. The van der Waals surface area contributed by atoms with Crippen LogP contribution in [0.5, 0.6) is 0 Å². The molecule has 4 nitrogen and oxygen atoms in total. The number of aryl methyl sites for hydroxylation is 3. The molecule has 0 saturated heterocycles. The zero-order chi connectivity index (χ0) is 22.6. The zero-order valence-corrected chi connectivity index (χ0v) is 19.7. The smallest absolute Gasteiger partial charge is 0.181 e. The summed E-state index contributed by atoms with van der Waals surface area (Å²) < 4.78 is 0. The van der Waals surface area contributed by atoms with Gasteiger partial charge in [-0.2, -0.15) is 0 Å². The number of hydrogen-bond acceptors (Lipinski definition) is 5. The van der Waals surface area contributed by atoms with Gasteiger partial charge in [0.15, 0.2) is 5.82 Å². The van der Waals surface area contributed by atoms with Gasteiger partial charge < -0.3 is 5.32 Å². The SMILES string of the molecule is Cc1ccc(-c2ccc(CCCNc3nc(-c4ccccn4)nc4sc(C)cc34)cc2)cc1. The second-order valence-electron chi connectivity index (χ2n) is 8.28. The number of hydrogen-bond donors (Lipinski definition) is 1. The lowest BCUT2D eigenvalue weighted by Crippen LogP contribution is -2.06. The molecule has 0 aliphatic carbocycles. The minimum atomic E-state index is 0.666. The average Bonchev–Trinajstić information content (AvgIpc) is 3.23. The topological polar surface area (TPSA) is 50.7 Å². The zero-order valence-electron chi connectivity index (χ0n) is 18.9. The first-order valence-electron chi connectivity index (χ1n) is 11.3. The molecule has 0 radical (unpaired) electrons. The molecule has 33 heavy (non-hydrogen) atoms. The Hall–Kier alpha value is -3.57. The van der Waals surface area contributed by atoms with E-state index in [2.05, 4.69) is 78.7 Å². The van der Waals surface area contributed by atoms with Crippen LogP contribution in [0.4, 0.5) is 5.82 Å². The molecule has 5 heteroatoms. The Kier molecular flexibility index (Phi) is 6.13. The van der Waals surface area contributed by atoms with Gasteiger partial charge in [-0.3, -0.25) is 4.98 Å². The Morgan fingerprint density at radius 2 is 1.61 bits per heavy atom. The predicted molar refractivity (Wildman–Crippen MR) is 139 cm³/mol. The molecule has 5 rings (SSSR count). The van der Waals surface area contributed by atoms with Gasteiger partial charge in [0.1, 0.15) is 16.3 Å². The van der Waals surface area contributed by atoms with Crippen LogP contribution in [0.25, 0.3) is 32.9 Å². The van der Waals surface area contributed by atoms with E-state index in [1.165, 1.54) is 27.1 Å². The van der Waals surface area contributed by atoms with Crippen LogP contribution in [0.1, 0.15) is 22.4 Å². The first kappa shape index (κ1) is 21.3. The molecule has 0 saturated carbocycles. The van der Waals surface area contributed by atoms with Crippen molar-refractivity contribution in [1.29, 1.82) is 0 Å². The first-order chi connectivity index (χ1) is 16.2. The van der Waals surface area contributed by atoms with Crippen LogP contribution in [0.2, 0.25) is 0 Å². The first-order valence-corrected chi connectivity index (χ1v) is 12.1. The summed E-state index contributed by atoms with van der Waals surface area (Å²) in [5.41, 5.74) is 5.95. The van der Waals surface area contributed by atoms with Gasteiger partial charge in [-0.15, -0.1) is 11.3 Å². The van der Waals surface area contributed by atoms with Gasteiger partial charge in [0.25, 0.3) is 0 Å². The second kappa shape index (κ2) is 9.51. The van der Waals surface area contributed by atoms with E-state index in [9.17, 15) is 0 Å². The predicted octanol–water partition coefficient (Wildman–Crippen LogP) is 7.08. The molecule has 0 fully saturated rings. The van der Waals surface area contributed by atoms with E-state index in [0.29, 0.717) is 5.82 Å². The molecule has 0 amide bonds. The van der Waals surface area contributed by atoms with Crippen molar-refractivity contribution in [2.75, 3.05) is 11.9 Å². The van der Waals surface area contributed by atoms with Crippen LogP contribution in [0.15, 0.2) is 79.0 Å². The van der Waals surface area contributed by atoms with Gasteiger partial charge in [-0.1, -0.05) is 60.2 Å². The van der Waals surface area contributed by atoms with Crippen molar-refractivity contribution < 1.29 is 0 Å². The summed E-state index contributed by atoms with van der Waals surface area (Å²) in [4.78, 5) is 16.2. The van der Waals surface area contributed by atoms with Crippen LogP contribution >= 0.6 is 11.3 Å². The summed E-state index contributed by atoms with van der Waals surface area (Å²) in [5.74, 6) is 1.55. The molecule has 5 aromatic rings. The van der Waals surface area contributed by atoms with E-state index >= 15 is 0 Å². The van der Waals surface area contributed by atoms with Gasteiger partial charge >= 0.3 is 0 Å². The van der Waals surface area contributed by atoms with Crippen LogP contribution in [0, 0.1) is 13.8 Å². The largest absolute Gasteiger partial charge is 0.369 e. The molecular weight excluding hydrogens is 424 g/mol. The van der Waals surface area contributed by atoms with Crippen molar-refractivity contribution in [3.05, 3.63) is 95.0 Å². The van der Waals surface area contributed by atoms with Gasteiger partial charge in [0.05, 0.1) is 5.39 Å². The fraction of sp³-hybridized carbons (Fsp3) is 0.179. The number of pyridine rings is 1. The van der Waals surface area contributed by atoms with E-state index in [4.69, 9.17) is 9.97 Å². The summed E-state index contributed by atoms with van der Waals surface area (Å²) >= 11 is 1.69. The molecule has 3 aromatic heterocycles. The third-order valence-corrected chi connectivity index (χ3v) is 6.63. The van der Waals surface area contributed by atoms with Crippen LogP contribution < -0.4 is 5.32 Å². The summed E-state index contributed by atoms with van der Waals surface area (Å²) in [6.07, 6.45) is 3.82. The van der Waals surface area contributed by atoms with E-state index < -0.39 is 0 Å². The molecule has 0 bridgehead atoms. The molecule has 3 heterocycles. The highest BCUT2D eigenvalue weighted by molar-refractivity contribution is 7.18. The fourth-order valence-electron chi connectivity index (χ4n) is 3.90. The molecule has 0 spiro atoms. The van der Waals surface area contributed by atoms with E-state index in [1.54, 1.807) is 17.5 Å². The number of aromatic nitrogens is 3. The highest BCUT2D eigenvalue weighted by atomic mass is 32.1. The van der Waals surface area contributed by atoms with Crippen molar-refractivity contribution in [1.82, 2.24) is 15.0 Å². The number of thiophene rings is 1. The third-order valence-electron chi connectivity index (χ3n) is 5.68. The van der Waals surface area contributed by atoms with Crippen LogP contribution in [-0.2, 0) is 6.42 Å². The molecule has 0 unspecified atom stereocenters. The molecule has 0 atom stereocenters. The molecule has 164 valence electrons. The number of nitrogens with one attached hydrogen (secondary N) is 1. The molecule has 0 aliphatic heterocycles. The normalized spacial score (nSPS) is 11.1. The molecule has 2 aromatic carbocycles. The average molecular weight is 451 g/mol. The van der Waals surface area contributed by atoms with Crippen molar-refractivity contribution in [2.45, 2.75) is 26.7 Å². The van der Waals surface area contributed by atoms with Crippen LogP contribution in [0.3, 0.4) is 0 Å². The minimum absolute atomic E-state index is 0.666. The van der Waals surface area contributed by atoms with Gasteiger partial charge in [0.2, 0.25) is 0 Å². The highest BCUT2D eigenvalue weighted by Gasteiger charge is 2.12. The maximum atomic E-state index is 4.80. The summed E-state index contributed by atoms with van der Waals surface area (Å²) in [6, 6.07) is 25.6. The number of rotatable bonds is 7. The Labute approximate surface area is 198 Å². The van der Waals surface area contributed by atoms with Crippen LogP contribution in [-0.4, -0.2) is 21.5 Å². The highest BCUT2D eigenvalue weighted by Crippen LogP contribution is 2.30. The Morgan fingerprint density at radius 3 is 2.33 bits per heavy atom. The Morgan fingerprint density at radius 1 is 0.848 bits per heavy atom. The monoisotopic (exact) mass is 450 g/mol. The quantitative estimate of drug-likeness (QED) is 0.269. The molecule has 1 N–H and O–H groups in total. The third kappa shape index (κ3) is 4.94. The van der Waals surface area contributed by atoms with Crippen molar-refractivity contribution >= 4 is 27.4 Å². The Balaban J connectivity index is 1.25. The standard InChI is InChI=1S/C28H26N4S/c1-19-8-12-22(13-9-19)23-14-10-21(11-15-23)6-5-17-30-26-24-18-20(2)33-28(24)32-27(31-26)25-7-3-4-16-29-25/h3-4,7-16,18H,5-6,17H2,1-2H3,(H,30,31,32). The second-order valence-corrected chi connectivity index (χ2v) is 9.51. The van der Waals surface area contributed by atoms with Crippen molar-refractivity contribution in [3.63, 3.8) is 0 Å². The van der Waals surface area contributed by atoms with Gasteiger partial charge in [0, 0.05) is 17.6 Å². The van der Waals surface area contributed by atoms with Gasteiger partial charge in [-0.05, 0) is 61.6 Å². The minimum Gasteiger partial charge on any atom is -0.369 e. The number of nitrogens with zero attached hydrogens (tertiary/aromatic N) is 3. The van der Waals surface area contributed by atoms with Crippen molar-refractivity contribution in [2.24, 2.45) is 0 Å². The van der Waals surface area contributed by atoms with E-state index in [0.717, 1.165) is 41.1 Å². The van der Waals surface area contributed by atoms with E-state index in [1.807, 2.05) is 18.2 Å². The lowest BCUT2D eigenvalue weighted by Gasteiger charge is -2.09. The molecule has 0 aliphatic rings. The number of anilines is 1. The molecular formula is C28H26N4S.